The fourth-order valence-corrected chi connectivity index (χ4v) is 1.31. The van der Waals surface area contributed by atoms with E-state index in [1.165, 1.54) is 11.3 Å². The van der Waals surface area contributed by atoms with E-state index in [4.69, 9.17) is 5.26 Å². The van der Waals surface area contributed by atoms with Crippen LogP contribution in [0.25, 0.3) is 0 Å². The van der Waals surface area contributed by atoms with Crippen molar-refractivity contribution in [2.45, 2.75) is 19.4 Å². The molecule has 1 atom stereocenters. The lowest BCUT2D eigenvalue weighted by Gasteiger charge is -2.06. The molecule has 0 saturated heterocycles. The van der Waals surface area contributed by atoms with Gasteiger partial charge in [-0.2, -0.15) is 5.26 Å². The number of nitrogens with zero attached hydrogens (tertiary/aromatic N) is 2. The lowest BCUT2D eigenvalue weighted by atomic mass is 10.2. The molecule has 0 fully saturated rings. The first-order chi connectivity index (χ1) is 6.27. The average Bonchev–Trinajstić information content (AvgIpc) is 2.66. The number of rotatable bonds is 3. The Kier molecular flexibility index (Phi) is 3.41. The summed E-state index contributed by atoms with van der Waals surface area (Å²) in [7, 11) is 0. The van der Waals surface area contributed by atoms with Gasteiger partial charge in [0.1, 0.15) is 11.7 Å². The first-order valence-electron chi connectivity index (χ1n) is 3.86. The van der Waals surface area contributed by atoms with Crippen molar-refractivity contribution < 1.29 is 4.79 Å². The monoisotopic (exact) mass is 195 g/mol. The second-order valence-corrected chi connectivity index (χ2v) is 3.16. The highest BCUT2D eigenvalue weighted by Crippen LogP contribution is 2.01. The topological polar surface area (TPSA) is 65.8 Å². The third-order valence-electron chi connectivity index (χ3n) is 1.53. The largest absolute Gasteiger partial charge is 0.335 e. The van der Waals surface area contributed by atoms with Gasteiger partial charge >= 0.3 is 0 Å². The highest BCUT2D eigenvalue weighted by atomic mass is 32.1. The van der Waals surface area contributed by atoms with Crippen molar-refractivity contribution >= 4 is 17.2 Å². The number of amides is 1. The second kappa shape index (κ2) is 4.58. The van der Waals surface area contributed by atoms with Crippen LogP contribution >= 0.6 is 11.3 Å². The van der Waals surface area contributed by atoms with E-state index in [2.05, 4.69) is 10.3 Å². The summed E-state index contributed by atoms with van der Waals surface area (Å²) in [5.74, 6) is -0.283. The minimum Gasteiger partial charge on any atom is -0.335 e. The van der Waals surface area contributed by atoms with Crippen LogP contribution in [-0.2, 0) is 0 Å². The number of thiazole rings is 1. The fourth-order valence-electron chi connectivity index (χ4n) is 0.782. The highest BCUT2D eigenvalue weighted by molar-refractivity contribution is 7.07. The summed E-state index contributed by atoms with van der Waals surface area (Å²) < 4.78 is 0. The van der Waals surface area contributed by atoms with Crippen LogP contribution in [0.4, 0.5) is 0 Å². The first-order valence-corrected chi connectivity index (χ1v) is 4.81. The Bertz CT molecular complexity index is 315. The number of nitriles is 1. The van der Waals surface area contributed by atoms with E-state index in [-0.39, 0.29) is 5.91 Å². The Morgan fingerprint density at radius 3 is 3.15 bits per heavy atom. The van der Waals surface area contributed by atoms with E-state index in [0.717, 1.165) is 0 Å². The summed E-state index contributed by atoms with van der Waals surface area (Å²) in [6.07, 6.45) is 0.604. The van der Waals surface area contributed by atoms with Crippen molar-refractivity contribution in [3.8, 4) is 6.07 Å². The maximum atomic E-state index is 11.3. The quantitative estimate of drug-likeness (QED) is 0.787. The normalized spacial score (nSPS) is 11.7. The van der Waals surface area contributed by atoms with Crippen LogP contribution in [0.15, 0.2) is 10.9 Å². The zero-order valence-corrected chi connectivity index (χ0v) is 7.97. The van der Waals surface area contributed by atoms with Crippen molar-refractivity contribution in [1.82, 2.24) is 10.3 Å². The van der Waals surface area contributed by atoms with Crippen LogP contribution in [0.2, 0.25) is 0 Å². The van der Waals surface area contributed by atoms with Crippen molar-refractivity contribution in [3.05, 3.63) is 16.6 Å². The van der Waals surface area contributed by atoms with Gasteiger partial charge in [0.25, 0.3) is 5.91 Å². The summed E-state index contributed by atoms with van der Waals surface area (Å²) in [6, 6.07) is 1.57. The maximum absolute atomic E-state index is 11.3. The van der Waals surface area contributed by atoms with Gasteiger partial charge in [-0.1, -0.05) is 6.92 Å². The van der Waals surface area contributed by atoms with Gasteiger partial charge in [-0.15, -0.1) is 11.3 Å². The second-order valence-electron chi connectivity index (χ2n) is 2.44. The molecule has 0 aromatic carbocycles. The van der Waals surface area contributed by atoms with Gasteiger partial charge in [-0.05, 0) is 6.42 Å². The smallest absolute Gasteiger partial charge is 0.271 e. The average molecular weight is 195 g/mol. The lowest BCUT2D eigenvalue weighted by Crippen LogP contribution is -2.33. The number of hydrogen-bond acceptors (Lipinski definition) is 4. The number of hydrogen-bond donors (Lipinski definition) is 1. The molecule has 0 aliphatic heterocycles. The number of aromatic nitrogens is 1. The predicted octanol–water partition coefficient (Wildman–Crippen LogP) is 1.18. The van der Waals surface area contributed by atoms with E-state index >= 15 is 0 Å². The molecule has 0 bridgehead atoms. The third-order valence-corrected chi connectivity index (χ3v) is 2.12. The molecule has 13 heavy (non-hydrogen) atoms. The van der Waals surface area contributed by atoms with Gasteiger partial charge in [0, 0.05) is 5.38 Å². The Morgan fingerprint density at radius 1 is 1.92 bits per heavy atom. The molecule has 1 N–H and O–H groups in total. The standard InChI is InChI=1S/C8H9N3OS/c1-2-6(3-9)11-8(12)7-4-13-5-10-7/h4-6H,2H2,1H3,(H,11,12). The van der Waals surface area contributed by atoms with Crippen LogP contribution in [0, 0.1) is 11.3 Å². The zero-order valence-electron chi connectivity index (χ0n) is 7.15. The van der Waals surface area contributed by atoms with E-state index in [1.54, 1.807) is 10.9 Å². The maximum Gasteiger partial charge on any atom is 0.271 e. The van der Waals surface area contributed by atoms with Crippen molar-refractivity contribution in [3.63, 3.8) is 0 Å². The number of carbonyl (C=O) groups excluding carboxylic acids is 1. The van der Waals surface area contributed by atoms with Gasteiger partial charge in [-0.3, -0.25) is 4.79 Å². The van der Waals surface area contributed by atoms with Gasteiger partial charge in [0.15, 0.2) is 0 Å². The molecule has 5 heteroatoms. The number of nitrogens with one attached hydrogen (secondary N) is 1. The Morgan fingerprint density at radius 2 is 2.69 bits per heavy atom. The molecule has 1 aromatic rings. The van der Waals surface area contributed by atoms with Gasteiger partial charge in [-0.25, -0.2) is 4.98 Å². The fraction of sp³-hybridized carbons (Fsp3) is 0.375. The molecule has 1 heterocycles. The molecular weight excluding hydrogens is 186 g/mol. The molecule has 0 aliphatic rings. The SMILES string of the molecule is CCC(C#N)NC(=O)c1cscn1. The first kappa shape index (κ1) is 9.68. The summed E-state index contributed by atoms with van der Waals surface area (Å²) >= 11 is 1.36. The molecule has 1 unspecified atom stereocenters. The zero-order chi connectivity index (χ0) is 9.68. The molecule has 0 radical (unpaired) electrons. The Balaban J connectivity index is 2.57. The minimum atomic E-state index is -0.422. The lowest BCUT2D eigenvalue weighted by molar-refractivity contribution is 0.0940. The minimum absolute atomic E-state index is 0.283. The Labute approximate surface area is 80.2 Å². The van der Waals surface area contributed by atoms with E-state index in [0.29, 0.717) is 12.1 Å². The van der Waals surface area contributed by atoms with Crippen molar-refractivity contribution in [2.75, 3.05) is 0 Å². The van der Waals surface area contributed by atoms with Crippen LogP contribution in [-0.4, -0.2) is 16.9 Å². The molecule has 0 saturated carbocycles. The molecule has 1 rings (SSSR count). The summed E-state index contributed by atoms with van der Waals surface area (Å²) in [6.45, 7) is 1.84. The number of carbonyl (C=O) groups is 1. The van der Waals surface area contributed by atoms with Crippen LogP contribution in [0.1, 0.15) is 23.8 Å². The molecule has 4 nitrogen and oxygen atoms in total. The van der Waals surface area contributed by atoms with Crippen LogP contribution < -0.4 is 5.32 Å². The summed E-state index contributed by atoms with van der Waals surface area (Å²) in [5, 5.41) is 12.8. The van der Waals surface area contributed by atoms with Gasteiger partial charge in [0.05, 0.1) is 11.6 Å². The van der Waals surface area contributed by atoms with Gasteiger partial charge < -0.3 is 5.32 Å². The molecule has 0 aliphatic carbocycles. The third kappa shape index (κ3) is 2.53. The van der Waals surface area contributed by atoms with Crippen molar-refractivity contribution in [1.29, 1.82) is 5.26 Å². The molecule has 1 aromatic heterocycles. The molecule has 68 valence electrons. The van der Waals surface area contributed by atoms with Gasteiger partial charge in [0.2, 0.25) is 0 Å². The van der Waals surface area contributed by atoms with Crippen LogP contribution in [0.3, 0.4) is 0 Å². The molecular formula is C8H9N3OS. The Hall–Kier alpha value is -1.41. The van der Waals surface area contributed by atoms with E-state index in [9.17, 15) is 4.79 Å². The highest BCUT2D eigenvalue weighted by Gasteiger charge is 2.11. The summed E-state index contributed by atoms with van der Waals surface area (Å²) in [5.41, 5.74) is 1.96. The summed E-state index contributed by atoms with van der Waals surface area (Å²) in [4.78, 5) is 15.2. The van der Waals surface area contributed by atoms with Crippen molar-refractivity contribution in [2.24, 2.45) is 0 Å². The predicted molar refractivity (Wildman–Crippen MR) is 49.3 cm³/mol. The van der Waals surface area contributed by atoms with E-state index in [1.807, 2.05) is 13.0 Å². The van der Waals surface area contributed by atoms with Crippen LogP contribution in [0.5, 0.6) is 0 Å². The van der Waals surface area contributed by atoms with E-state index < -0.39 is 6.04 Å². The molecule has 1 amide bonds. The molecule has 0 spiro atoms.